The minimum Gasteiger partial charge on any atom is -0.480 e. The summed E-state index contributed by atoms with van der Waals surface area (Å²) >= 11 is 5.53. The second-order valence-electron chi connectivity index (χ2n) is 3.97. The normalized spacial score (nSPS) is 11.6. The Hall–Kier alpha value is -1.06. The second-order valence-corrected chi connectivity index (χ2v) is 4.24. The zero-order valence-corrected chi connectivity index (χ0v) is 11.2. The molecule has 0 aliphatic rings. The molecule has 1 aromatic carbocycles. The highest BCUT2D eigenvalue weighted by atomic mass is 35.5. The summed E-state index contributed by atoms with van der Waals surface area (Å²) in [7, 11) is 1.65. The molecule has 3 nitrogen and oxygen atoms in total. The van der Waals surface area contributed by atoms with E-state index in [0.29, 0.717) is 5.88 Å². The van der Waals surface area contributed by atoms with Crippen LogP contribution in [0.3, 0.4) is 0 Å². The topological polar surface area (TPSA) is 49.3 Å². The maximum atomic E-state index is 10.3. The Bertz CT molecular complexity index is 314. The fourth-order valence-electron chi connectivity index (χ4n) is 1.31. The van der Waals surface area contributed by atoms with Gasteiger partial charge in [-0.05, 0) is 18.5 Å². The lowest BCUT2D eigenvalue weighted by Crippen LogP contribution is -2.38. The maximum absolute atomic E-state index is 10.3. The second kappa shape index (κ2) is 9.02. The van der Waals surface area contributed by atoms with E-state index < -0.39 is 12.0 Å². The van der Waals surface area contributed by atoms with Crippen LogP contribution in [0.5, 0.6) is 0 Å². The Balaban J connectivity index is 0.000000302. The molecule has 0 fully saturated rings. The number of likely N-dealkylation sites (N-methyl/N-ethyl adjacent to an activating group) is 1. The highest BCUT2D eigenvalue weighted by Gasteiger charge is 2.17. The van der Waals surface area contributed by atoms with Crippen molar-refractivity contribution in [2.24, 2.45) is 5.92 Å². The standard InChI is InChI=1S/C7H7Cl.C6H13NO2/c8-6-7-4-2-1-3-5-7;1-4(2)5(7-3)6(8)9/h1-5H,6H2;4-5,7H,1-3H3,(H,8,9)/t;5-/m.0/s1. The van der Waals surface area contributed by atoms with E-state index in [9.17, 15) is 4.79 Å². The largest absolute Gasteiger partial charge is 0.480 e. The smallest absolute Gasteiger partial charge is 0.320 e. The van der Waals surface area contributed by atoms with Crippen molar-refractivity contribution in [2.75, 3.05) is 7.05 Å². The van der Waals surface area contributed by atoms with Gasteiger partial charge in [0.2, 0.25) is 0 Å². The molecule has 4 heteroatoms. The molecule has 0 spiro atoms. The third kappa shape index (κ3) is 6.97. The van der Waals surface area contributed by atoms with E-state index >= 15 is 0 Å². The van der Waals surface area contributed by atoms with Gasteiger partial charge in [-0.25, -0.2) is 0 Å². The van der Waals surface area contributed by atoms with Gasteiger partial charge in [0.25, 0.3) is 0 Å². The van der Waals surface area contributed by atoms with E-state index in [1.54, 1.807) is 7.05 Å². The number of nitrogens with one attached hydrogen (secondary N) is 1. The lowest BCUT2D eigenvalue weighted by atomic mass is 10.1. The molecule has 0 bridgehead atoms. The van der Waals surface area contributed by atoms with Crippen molar-refractivity contribution < 1.29 is 9.90 Å². The molecule has 96 valence electrons. The van der Waals surface area contributed by atoms with Crippen molar-refractivity contribution in [2.45, 2.75) is 25.8 Å². The van der Waals surface area contributed by atoms with Crippen LogP contribution in [-0.2, 0) is 10.7 Å². The molecule has 2 N–H and O–H groups in total. The summed E-state index contributed by atoms with van der Waals surface area (Å²) in [5, 5.41) is 11.2. The number of carbonyl (C=O) groups is 1. The van der Waals surface area contributed by atoms with E-state index in [1.807, 2.05) is 44.2 Å². The molecule has 0 aliphatic carbocycles. The monoisotopic (exact) mass is 257 g/mol. The number of rotatable bonds is 4. The Kier molecular flexibility index (Phi) is 8.46. The van der Waals surface area contributed by atoms with Crippen molar-refractivity contribution in [3.8, 4) is 0 Å². The van der Waals surface area contributed by atoms with Crippen LogP contribution in [0.1, 0.15) is 19.4 Å². The molecule has 0 aromatic heterocycles. The van der Waals surface area contributed by atoms with E-state index in [0.717, 1.165) is 0 Å². The fourth-order valence-corrected chi connectivity index (χ4v) is 1.49. The van der Waals surface area contributed by atoms with Crippen molar-refractivity contribution >= 4 is 17.6 Å². The molecule has 0 saturated carbocycles. The average Bonchev–Trinajstić information content (AvgIpc) is 2.31. The first-order valence-electron chi connectivity index (χ1n) is 5.52. The van der Waals surface area contributed by atoms with Crippen LogP contribution in [0.25, 0.3) is 0 Å². The van der Waals surface area contributed by atoms with Gasteiger partial charge in [0.15, 0.2) is 0 Å². The highest BCUT2D eigenvalue weighted by molar-refractivity contribution is 6.17. The molecule has 17 heavy (non-hydrogen) atoms. The van der Waals surface area contributed by atoms with Gasteiger partial charge in [-0.2, -0.15) is 0 Å². The third-order valence-electron chi connectivity index (χ3n) is 2.24. The van der Waals surface area contributed by atoms with Gasteiger partial charge in [-0.15, -0.1) is 11.6 Å². The number of halogens is 1. The van der Waals surface area contributed by atoms with Gasteiger partial charge in [-0.1, -0.05) is 44.2 Å². The summed E-state index contributed by atoms with van der Waals surface area (Å²) in [6, 6.07) is 9.55. The Labute approximate surface area is 108 Å². The molecule has 0 aliphatic heterocycles. The number of alkyl halides is 1. The molecule has 1 atom stereocenters. The molecule has 0 amide bonds. The lowest BCUT2D eigenvalue weighted by molar-refractivity contribution is -0.140. The number of benzene rings is 1. The number of hydrogen-bond acceptors (Lipinski definition) is 2. The summed E-state index contributed by atoms with van der Waals surface area (Å²) in [5.74, 6) is -0.0269. The minimum absolute atomic E-state index is 0.146. The molecule has 0 saturated heterocycles. The van der Waals surface area contributed by atoms with Crippen LogP contribution in [0.4, 0.5) is 0 Å². The fraction of sp³-hybridized carbons (Fsp3) is 0.462. The van der Waals surface area contributed by atoms with Crippen LogP contribution < -0.4 is 5.32 Å². The SMILES string of the molecule is CN[C@H](C(=O)O)C(C)C.ClCc1ccccc1. The number of hydrogen-bond donors (Lipinski definition) is 2. The Morgan fingerprint density at radius 2 is 1.88 bits per heavy atom. The van der Waals surface area contributed by atoms with Crippen LogP contribution >= 0.6 is 11.6 Å². The minimum atomic E-state index is -0.785. The van der Waals surface area contributed by atoms with Crippen LogP contribution in [0.2, 0.25) is 0 Å². The molecular formula is C13H20ClNO2. The first-order chi connectivity index (χ1) is 8.02. The van der Waals surface area contributed by atoms with Crippen LogP contribution in [0, 0.1) is 5.92 Å². The summed E-state index contributed by atoms with van der Waals surface area (Å²) in [4.78, 5) is 10.3. The van der Waals surface area contributed by atoms with E-state index in [4.69, 9.17) is 16.7 Å². The zero-order chi connectivity index (χ0) is 13.3. The molecule has 0 radical (unpaired) electrons. The van der Waals surface area contributed by atoms with Crippen molar-refractivity contribution in [3.63, 3.8) is 0 Å². The summed E-state index contributed by atoms with van der Waals surface area (Å²) in [6.45, 7) is 3.74. The first-order valence-corrected chi connectivity index (χ1v) is 6.06. The van der Waals surface area contributed by atoms with Crippen LogP contribution in [-0.4, -0.2) is 24.2 Å². The molecule has 1 rings (SSSR count). The predicted molar refractivity (Wildman–Crippen MR) is 71.3 cm³/mol. The van der Waals surface area contributed by atoms with Gasteiger partial charge >= 0.3 is 5.97 Å². The van der Waals surface area contributed by atoms with Gasteiger partial charge in [-0.3, -0.25) is 4.79 Å². The number of carboxylic acid groups (broad SMARTS) is 1. The molecule has 0 unspecified atom stereocenters. The summed E-state index contributed by atoms with van der Waals surface area (Å²) in [5.41, 5.74) is 1.18. The summed E-state index contributed by atoms with van der Waals surface area (Å²) in [6.07, 6.45) is 0. The molecule has 1 aromatic rings. The van der Waals surface area contributed by atoms with Crippen LogP contribution in [0.15, 0.2) is 30.3 Å². The number of aliphatic carboxylic acids is 1. The quantitative estimate of drug-likeness (QED) is 0.816. The highest BCUT2D eigenvalue weighted by Crippen LogP contribution is 2.00. The summed E-state index contributed by atoms with van der Waals surface area (Å²) < 4.78 is 0. The first kappa shape index (κ1) is 15.9. The van der Waals surface area contributed by atoms with Gasteiger partial charge in [0.1, 0.15) is 6.04 Å². The van der Waals surface area contributed by atoms with Gasteiger partial charge in [0.05, 0.1) is 0 Å². The van der Waals surface area contributed by atoms with Gasteiger partial charge in [0, 0.05) is 5.88 Å². The lowest BCUT2D eigenvalue weighted by Gasteiger charge is -2.13. The maximum Gasteiger partial charge on any atom is 0.320 e. The Morgan fingerprint density at radius 1 is 1.35 bits per heavy atom. The zero-order valence-electron chi connectivity index (χ0n) is 10.5. The van der Waals surface area contributed by atoms with Gasteiger partial charge < -0.3 is 10.4 Å². The van der Waals surface area contributed by atoms with Crippen molar-refractivity contribution in [1.29, 1.82) is 0 Å². The average molecular weight is 258 g/mol. The van der Waals surface area contributed by atoms with E-state index in [1.165, 1.54) is 5.56 Å². The number of carboxylic acids is 1. The van der Waals surface area contributed by atoms with E-state index in [2.05, 4.69) is 5.32 Å². The molecule has 0 heterocycles. The predicted octanol–water partition coefficient (Wildman–Crippen LogP) is 2.74. The van der Waals surface area contributed by atoms with Crippen molar-refractivity contribution in [1.82, 2.24) is 5.32 Å². The molecular weight excluding hydrogens is 238 g/mol. The van der Waals surface area contributed by atoms with E-state index in [-0.39, 0.29) is 5.92 Å². The Morgan fingerprint density at radius 3 is 2.06 bits per heavy atom. The third-order valence-corrected chi connectivity index (χ3v) is 2.55. The van der Waals surface area contributed by atoms with Crippen molar-refractivity contribution in [3.05, 3.63) is 35.9 Å².